The summed E-state index contributed by atoms with van der Waals surface area (Å²) in [6.45, 7) is 0.200. The van der Waals surface area contributed by atoms with Gasteiger partial charge < -0.3 is 20.9 Å². The fourth-order valence-electron chi connectivity index (χ4n) is 2.60. The molecule has 0 saturated heterocycles. The van der Waals surface area contributed by atoms with Gasteiger partial charge in [-0.1, -0.05) is 47.5 Å². The number of carbonyl (C=O) groups is 2. The fraction of sp³-hybridized carbons (Fsp3) is 0.0476. The number of carboxylic acids is 1. The monoisotopic (exact) mass is 430 g/mol. The third-order valence-corrected chi connectivity index (χ3v) is 4.80. The smallest absolute Gasteiger partial charge is 0.337 e. The minimum Gasteiger partial charge on any atom is -0.487 e. The number of nitrogens with two attached hydrogens (primary N) is 1. The van der Waals surface area contributed by atoms with Crippen LogP contribution in [-0.4, -0.2) is 17.0 Å². The van der Waals surface area contributed by atoms with Gasteiger partial charge in [-0.15, -0.1) is 0 Å². The Morgan fingerprint density at radius 3 is 2.34 bits per heavy atom. The van der Waals surface area contributed by atoms with Crippen LogP contribution >= 0.6 is 23.2 Å². The van der Waals surface area contributed by atoms with Gasteiger partial charge in [0.2, 0.25) is 5.91 Å². The summed E-state index contributed by atoms with van der Waals surface area (Å²) >= 11 is 12.7. The molecule has 148 valence electrons. The lowest BCUT2D eigenvalue weighted by molar-refractivity contribution is 0.0697. The molecule has 0 aromatic heterocycles. The number of carboxylic acid groups (broad SMARTS) is 1. The molecule has 0 bridgehead atoms. The van der Waals surface area contributed by atoms with E-state index in [1.54, 1.807) is 54.6 Å². The van der Waals surface area contributed by atoms with Gasteiger partial charge in [-0.05, 0) is 42.0 Å². The Morgan fingerprint density at radius 2 is 1.69 bits per heavy atom. The van der Waals surface area contributed by atoms with Gasteiger partial charge in [0.15, 0.2) is 0 Å². The summed E-state index contributed by atoms with van der Waals surface area (Å²) in [6, 6.07) is 16.3. The first-order valence-electron chi connectivity index (χ1n) is 8.45. The lowest BCUT2D eigenvalue weighted by Crippen LogP contribution is -2.10. The normalized spacial score (nSPS) is 10.4. The largest absolute Gasteiger partial charge is 0.487 e. The summed E-state index contributed by atoms with van der Waals surface area (Å²) in [4.78, 5) is 22.6. The van der Waals surface area contributed by atoms with Gasteiger partial charge in [0.1, 0.15) is 17.4 Å². The maximum atomic E-state index is 11.4. The van der Waals surface area contributed by atoms with Crippen LogP contribution in [0.15, 0.2) is 60.7 Å². The van der Waals surface area contributed by atoms with Crippen LogP contribution in [0.4, 0.5) is 11.4 Å². The number of ether oxygens (including phenoxy) is 1. The van der Waals surface area contributed by atoms with E-state index in [4.69, 9.17) is 33.7 Å². The lowest BCUT2D eigenvalue weighted by Gasteiger charge is -2.16. The molecular weight excluding hydrogens is 415 g/mol. The number of nitrogens with one attached hydrogen (secondary N) is 1. The molecule has 3 rings (SSSR count). The molecule has 0 heterocycles. The van der Waals surface area contributed by atoms with Gasteiger partial charge in [0.05, 0.1) is 22.0 Å². The second-order valence-corrected chi connectivity index (χ2v) is 6.85. The number of hydrogen-bond acceptors (Lipinski definition) is 4. The van der Waals surface area contributed by atoms with Crippen molar-refractivity contribution in [1.82, 2.24) is 0 Å². The maximum absolute atomic E-state index is 11.4. The number of carbonyl (C=O) groups excluding carboxylic acids is 1. The molecule has 0 unspecified atom stereocenters. The summed E-state index contributed by atoms with van der Waals surface area (Å²) < 4.78 is 5.77. The molecule has 0 aliphatic carbocycles. The first-order valence-corrected chi connectivity index (χ1v) is 9.21. The predicted molar refractivity (Wildman–Crippen MR) is 112 cm³/mol. The van der Waals surface area contributed by atoms with Gasteiger partial charge >= 0.3 is 5.97 Å². The van der Waals surface area contributed by atoms with Crippen LogP contribution in [0.3, 0.4) is 0 Å². The maximum Gasteiger partial charge on any atom is 0.337 e. The molecule has 3 aromatic rings. The highest BCUT2D eigenvalue weighted by molar-refractivity contribution is 6.40. The van der Waals surface area contributed by atoms with Gasteiger partial charge in [0, 0.05) is 5.56 Å². The van der Waals surface area contributed by atoms with Crippen LogP contribution in [0.2, 0.25) is 10.0 Å². The van der Waals surface area contributed by atoms with Crippen molar-refractivity contribution in [2.45, 2.75) is 6.61 Å². The highest BCUT2D eigenvalue weighted by Gasteiger charge is 2.16. The van der Waals surface area contributed by atoms with Crippen LogP contribution < -0.4 is 15.8 Å². The van der Waals surface area contributed by atoms with E-state index in [-0.39, 0.29) is 17.2 Å². The van der Waals surface area contributed by atoms with Crippen molar-refractivity contribution in [3.05, 3.63) is 87.4 Å². The highest BCUT2D eigenvalue weighted by atomic mass is 35.5. The van der Waals surface area contributed by atoms with E-state index in [0.29, 0.717) is 27.7 Å². The molecule has 1 amide bonds. The number of halogens is 2. The number of amides is 1. The number of rotatable bonds is 7. The van der Waals surface area contributed by atoms with Gasteiger partial charge in [-0.25, -0.2) is 4.79 Å². The van der Waals surface area contributed by atoms with Gasteiger partial charge in [-0.2, -0.15) is 0 Å². The number of hydrogen-bond donors (Lipinski definition) is 3. The minimum atomic E-state index is -1.08. The van der Waals surface area contributed by atoms with Crippen LogP contribution in [0, 0.1) is 0 Å². The minimum absolute atomic E-state index is 0.0838. The number of primary amides is 1. The van der Waals surface area contributed by atoms with Crippen molar-refractivity contribution in [2.24, 2.45) is 5.73 Å². The Hall–Kier alpha value is -3.22. The molecule has 29 heavy (non-hydrogen) atoms. The summed E-state index contributed by atoms with van der Waals surface area (Å²) in [7, 11) is 0. The number of anilines is 2. The molecule has 0 atom stereocenters. The zero-order valence-corrected chi connectivity index (χ0v) is 16.5. The van der Waals surface area contributed by atoms with Crippen LogP contribution in [0.5, 0.6) is 5.75 Å². The summed E-state index contributed by atoms with van der Waals surface area (Å²) in [6.07, 6.45) is 0. The van der Waals surface area contributed by atoms with Crippen molar-refractivity contribution in [3.8, 4) is 5.75 Å². The summed E-state index contributed by atoms with van der Waals surface area (Å²) in [5.41, 5.74) is 7.22. The van der Waals surface area contributed by atoms with E-state index in [2.05, 4.69) is 5.32 Å². The Kier molecular flexibility index (Phi) is 6.26. The molecule has 0 aliphatic heterocycles. The van der Waals surface area contributed by atoms with Crippen LogP contribution in [-0.2, 0) is 6.61 Å². The zero-order chi connectivity index (χ0) is 21.0. The molecule has 0 aliphatic rings. The molecule has 0 fully saturated rings. The summed E-state index contributed by atoms with van der Waals surface area (Å²) in [5.74, 6) is -1.21. The van der Waals surface area contributed by atoms with E-state index in [1.165, 1.54) is 6.07 Å². The van der Waals surface area contributed by atoms with Crippen molar-refractivity contribution in [3.63, 3.8) is 0 Å². The number of aromatic carboxylic acids is 1. The Balaban J connectivity index is 1.82. The first-order chi connectivity index (χ1) is 13.9. The third kappa shape index (κ3) is 4.80. The molecular formula is C21H16Cl2N2O4. The standard InChI is InChI=1S/C21H16Cl2N2O4/c22-15-9-10-17(29-11-12-5-7-13(8-6-12)20(24)26)18(23)19(15)25-16-4-2-1-3-14(16)21(27)28/h1-10,25H,11H2,(H2,24,26)(H,27,28). The Labute approximate surface area is 176 Å². The number of para-hydroxylation sites is 1. The molecule has 0 radical (unpaired) electrons. The van der Waals surface area contributed by atoms with Crippen molar-refractivity contribution < 1.29 is 19.4 Å². The highest BCUT2D eigenvalue weighted by Crippen LogP contribution is 2.40. The Bertz CT molecular complexity index is 1070. The van der Waals surface area contributed by atoms with E-state index >= 15 is 0 Å². The molecule has 4 N–H and O–H groups in total. The van der Waals surface area contributed by atoms with E-state index in [1.807, 2.05) is 0 Å². The molecule has 3 aromatic carbocycles. The summed E-state index contributed by atoms with van der Waals surface area (Å²) in [5, 5.41) is 12.8. The van der Waals surface area contributed by atoms with E-state index < -0.39 is 11.9 Å². The van der Waals surface area contributed by atoms with Gasteiger partial charge in [0.25, 0.3) is 0 Å². The fourth-order valence-corrected chi connectivity index (χ4v) is 3.12. The second-order valence-electron chi connectivity index (χ2n) is 6.06. The van der Waals surface area contributed by atoms with Crippen LogP contribution in [0.25, 0.3) is 0 Å². The predicted octanol–water partition coefficient (Wildman–Crippen LogP) is 5.11. The average molecular weight is 431 g/mol. The van der Waals surface area contributed by atoms with Crippen molar-refractivity contribution in [1.29, 1.82) is 0 Å². The van der Waals surface area contributed by atoms with Gasteiger partial charge in [-0.3, -0.25) is 4.79 Å². The SMILES string of the molecule is NC(=O)c1ccc(COc2ccc(Cl)c(Nc3ccccc3C(=O)O)c2Cl)cc1. The molecule has 0 saturated carbocycles. The molecule has 8 heteroatoms. The topological polar surface area (TPSA) is 102 Å². The van der Waals surface area contributed by atoms with E-state index in [9.17, 15) is 14.7 Å². The van der Waals surface area contributed by atoms with E-state index in [0.717, 1.165) is 5.56 Å². The third-order valence-electron chi connectivity index (χ3n) is 4.11. The average Bonchev–Trinajstić information content (AvgIpc) is 2.71. The lowest BCUT2D eigenvalue weighted by atomic mass is 10.1. The van der Waals surface area contributed by atoms with Crippen LogP contribution in [0.1, 0.15) is 26.3 Å². The molecule has 6 nitrogen and oxygen atoms in total. The Morgan fingerprint density at radius 1 is 1.00 bits per heavy atom. The number of benzene rings is 3. The zero-order valence-electron chi connectivity index (χ0n) is 15.0. The quantitative estimate of drug-likeness (QED) is 0.483. The first kappa shape index (κ1) is 20.5. The van der Waals surface area contributed by atoms with Crippen molar-refractivity contribution in [2.75, 3.05) is 5.32 Å². The molecule has 0 spiro atoms. The second kappa shape index (κ2) is 8.86. The van der Waals surface area contributed by atoms with Crippen molar-refractivity contribution >= 4 is 46.5 Å².